The lowest BCUT2D eigenvalue weighted by Crippen LogP contribution is -2.15. The number of hydrogen-bond acceptors (Lipinski definition) is 6. The molecule has 1 aliphatic rings. The van der Waals surface area contributed by atoms with E-state index in [0.717, 1.165) is 0 Å². The number of β-amino-alcohol motifs (C(OH)–C–C–N with tert-alkyl or cyclic N) is 1. The van der Waals surface area contributed by atoms with Gasteiger partial charge in [0.25, 0.3) is 0 Å². The predicted molar refractivity (Wildman–Crippen MR) is 71.7 cm³/mol. The number of hydrogen-bond donors (Lipinski definition) is 2. The summed E-state index contributed by atoms with van der Waals surface area (Å²) in [5.74, 6) is 1.94. The first-order chi connectivity index (χ1) is 9.31. The van der Waals surface area contributed by atoms with Crippen LogP contribution in [0.5, 0.6) is 0 Å². The second-order valence-electron chi connectivity index (χ2n) is 4.50. The summed E-state index contributed by atoms with van der Waals surface area (Å²) in [5.41, 5.74) is 0. The van der Waals surface area contributed by atoms with Gasteiger partial charge in [-0.1, -0.05) is 23.4 Å². The molecular weight excluding hydrogens is 262 g/mol. The molecule has 19 heavy (non-hydrogen) atoms. The molecule has 100 valence electrons. The van der Waals surface area contributed by atoms with E-state index in [1.807, 2.05) is 18.2 Å². The van der Waals surface area contributed by atoms with Crippen LogP contribution in [0.1, 0.15) is 24.2 Å². The van der Waals surface area contributed by atoms with E-state index in [1.54, 1.807) is 11.8 Å². The summed E-state index contributed by atoms with van der Waals surface area (Å²) >= 11 is 1.68. The summed E-state index contributed by atoms with van der Waals surface area (Å²) in [7, 11) is 0. The highest BCUT2D eigenvalue weighted by molar-refractivity contribution is 7.98. The predicted octanol–water partition coefficient (Wildman–Crippen LogP) is 1.76. The number of aromatic nitrogens is 2. The summed E-state index contributed by atoms with van der Waals surface area (Å²) in [6.07, 6.45) is 0.312. The van der Waals surface area contributed by atoms with Crippen molar-refractivity contribution in [3.8, 4) is 0 Å². The normalized spacial score (nSPS) is 22.8. The van der Waals surface area contributed by atoms with Gasteiger partial charge in [0.05, 0.1) is 17.9 Å². The molecule has 3 rings (SSSR count). The molecule has 2 atom stereocenters. The van der Waals surface area contributed by atoms with Gasteiger partial charge in [0, 0.05) is 11.4 Å². The summed E-state index contributed by atoms with van der Waals surface area (Å²) in [5, 5.41) is 16.6. The summed E-state index contributed by atoms with van der Waals surface area (Å²) in [4.78, 5) is 5.55. The van der Waals surface area contributed by atoms with E-state index in [9.17, 15) is 5.11 Å². The Bertz CT molecular complexity index is 532. The summed E-state index contributed by atoms with van der Waals surface area (Å²) in [6, 6.07) is 10.1. The van der Waals surface area contributed by atoms with E-state index in [0.29, 0.717) is 30.4 Å². The fourth-order valence-electron chi connectivity index (χ4n) is 2.04. The minimum atomic E-state index is -0.320. The van der Waals surface area contributed by atoms with Crippen LogP contribution in [-0.2, 0) is 5.75 Å². The number of benzene rings is 1. The van der Waals surface area contributed by atoms with E-state index in [2.05, 4.69) is 27.6 Å². The van der Waals surface area contributed by atoms with Crippen molar-refractivity contribution in [3.05, 3.63) is 42.0 Å². The topological polar surface area (TPSA) is 71.2 Å². The van der Waals surface area contributed by atoms with Crippen molar-refractivity contribution in [3.63, 3.8) is 0 Å². The fourth-order valence-corrected chi connectivity index (χ4v) is 2.80. The van der Waals surface area contributed by atoms with E-state index in [1.165, 1.54) is 4.90 Å². The molecule has 1 aliphatic heterocycles. The van der Waals surface area contributed by atoms with Crippen LogP contribution in [0.3, 0.4) is 0 Å². The quantitative estimate of drug-likeness (QED) is 0.830. The van der Waals surface area contributed by atoms with Crippen LogP contribution >= 0.6 is 11.8 Å². The van der Waals surface area contributed by atoms with Gasteiger partial charge in [-0.05, 0) is 18.6 Å². The molecule has 0 radical (unpaired) electrons. The SMILES string of the molecule is OC1CNC(c2nc(CSc3ccccc3)no2)C1. The van der Waals surface area contributed by atoms with Crippen molar-refractivity contribution in [2.45, 2.75) is 29.2 Å². The van der Waals surface area contributed by atoms with Gasteiger partial charge in [-0.3, -0.25) is 0 Å². The van der Waals surface area contributed by atoms with Crippen LogP contribution in [0, 0.1) is 0 Å². The number of nitrogens with zero attached hydrogens (tertiary/aromatic N) is 2. The minimum Gasteiger partial charge on any atom is -0.392 e. The van der Waals surface area contributed by atoms with Gasteiger partial charge in [-0.25, -0.2) is 0 Å². The van der Waals surface area contributed by atoms with E-state index in [4.69, 9.17) is 4.52 Å². The van der Waals surface area contributed by atoms with Crippen LogP contribution in [0.4, 0.5) is 0 Å². The van der Waals surface area contributed by atoms with Gasteiger partial charge in [0.2, 0.25) is 5.89 Å². The zero-order chi connectivity index (χ0) is 13.1. The molecule has 0 aliphatic carbocycles. The van der Waals surface area contributed by atoms with E-state index >= 15 is 0 Å². The highest BCUT2D eigenvalue weighted by Gasteiger charge is 2.27. The average molecular weight is 277 g/mol. The zero-order valence-electron chi connectivity index (χ0n) is 10.3. The van der Waals surface area contributed by atoms with E-state index in [-0.39, 0.29) is 12.1 Å². The van der Waals surface area contributed by atoms with Crippen molar-refractivity contribution < 1.29 is 9.63 Å². The third kappa shape index (κ3) is 3.15. The monoisotopic (exact) mass is 277 g/mol. The second kappa shape index (κ2) is 5.73. The van der Waals surface area contributed by atoms with Gasteiger partial charge in [-0.15, -0.1) is 11.8 Å². The lowest BCUT2D eigenvalue weighted by molar-refractivity contribution is 0.191. The first-order valence-electron chi connectivity index (χ1n) is 6.23. The lowest BCUT2D eigenvalue weighted by atomic mass is 10.2. The van der Waals surface area contributed by atoms with Crippen LogP contribution in [-0.4, -0.2) is 27.9 Å². The summed E-state index contributed by atoms with van der Waals surface area (Å²) < 4.78 is 5.24. The maximum absolute atomic E-state index is 9.46. The average Bonchev–Trinajstić information content (AvgIpc) is 3.06. The zero-order valence-corrected chi connectivity index (χ0v) is 11.1. The Labute approximate surface area is 115 Å². The largest absolute Gasteiger partial charge is 0.392 e. The van der Waals surface area contributed by atoms with Gasteiger partial charge < -0.3 is 14.9 Å². The van der Waals surface area contributed by atoms with Gasteiger partial charge in [0.15, 0.2) is 5.82 Å². The van der Waals surface area contributed by atoms with Crippen LogP contribution in [0.15, 0.2) is 39.8 Å². The number of aliphatic hydroxyl groups excluding tert-OH is 1. The maximum Gasteiger partial charge on any atom is 0.243 e. The molecule has 2 unspecified atom stereocenters. The Morgan fingerprint density at radius 2 is 2.21 bits per heavy atom. The molecule has 2 heterocycles. The van der Waals surface area contributed by atoms with Gasteiger partial charge >= 0.3 is 0 Å². The molecule has 1 fully saturated rings. The molecule has 0 spiro atoms. The Morgan fingerprint density at radius 3 is 2.95 bits per heavy atom. The molecule has 1 saturated heterocycles. The van der Waals surface area contributed by atoms with Crippen molar-refractivity contribution in [1.29, 1.82) is 0 Å². The molecule has 0 amide bonds. The molecule has 0 bridgehead atoms. The first kappa shape index (κ1) is 12.7. The third-order valence-electron chi connectivity index (χ3n) is 3.00. The highest BCUT2D eigenvalue weighted by atomic mass is 32.2. The summed E-state index contributed by atoms with van der Waals surface area (Å²) in [6.45, 7) is 0.584. The number of thioether (sulfide) groups is 1. The van der Waals surface area contributed by atoms with Gasteiger partial charge in [0.1, 0.15) is 0 Å². The Balaban J connectivity index is 1.59. The lowest BCUT2D eigenvalue weighted by Gasteiger charge is -2.01. The minimum absolute atomic E-state index is 0.0158. The highest BCUT2D eigenvalue weighted by Crippen LogP contribution is 2.24. The van der Waals surface area contributed by atoms with Crippen LogP contribution in [0.2, 0.25) is 0 Å². The number of nitrogens with one attached hydrogen (secondary N) is 1. The molecule has 5 nitrogen and oxygen atoms in total. The smallest absolute Gasteiger partial charge is 0.243 e. The first-order valence-corrected chi connectivity index (χ1v) is 7.21. The van der Waals surface area contributed by atoms with E-state index < -0.39 is 0 Å². The Kier molecular flexibility index (Phi) is 3.82. The molecule has 1 aromatic heterocycles. The molecule has 2 aromatic rings. The number of aliphatic hydroxyl groups is 1. The van der Waals surface area contributed by atoms with Crippen molar-refractivity contribution in [2.75, 3.05) is 6.54 Å². The molecule has 6 heteroatoms. The standard InChI is InChI=1S/C13H15N3O2S/c17-9-6-11(14-7-9)13-15-12(16-18-13)8-19-10-4-2-1-3-5-10/h1-5,9,11,14,17H,6-8H2. The van der Waals surface area contributed by atoms with Crippen LogP contribution in [0.25, 0.3) is 0 Å². The fraction of sp³-hybridized carbons (Fsp3) is 0.385. The maximum atomic E-state index is 9.46. The second-order valence-corrected chi connectivity index (χ2v) is 5.55. The van der Waals surface area contributed by atoms with Gasteiger partial charge in [-0.2, -0.15) is 4.98 Å². The molecule has 2 N–H and O–H groups in total. The Hall–Kier alpha value is -1.37. The van der Waals surface area contributed by atoms with Crippen molar-refractivity contribution in [1.82, 2.24) is 15.5 Å². The molecule has 1 aromatic carbocycles. The molecular formula is C13H15N3O2S. The van der Waals surface area contributed by atoms with Crippen LogP contribution < -0.4 is 5.32 Å². The number of rotatable bonds is 4. The van der Waals surface area contributed by atoms with Crippen molar-refractivity contribution in [2.24, 2.45) is 0 Å². The third-order valence-corrected chi connectivity index (χ3v) is 4.01. The Morgan fingerprint density at radius 1 is 1.37 bits per heavy atom. The van der Waals surface area contributed by atoms with Crippen molar-refractivity contribution >= 4 is 11.8 Å². The molecule has 0 saturated carbocycles.